The molecule has 2 N–H and O–H groups in total. The number of hydrogen-bond acceptors (Lipinski definition) is 7. The van der Waals surface area contributed by atoms with Crippen LogP contribution in [0.1, 0.15) is 18.5 Å². The summed E-state index contributed by atoms with van der Waals surface area (Å²) >= 11 is 0. The molecule has 0 spiro atoms. The fourth-order valence-corrected chi connectivity index (χ4v) is 4.48. The van der Waals surface area contributed by atoms with Gasteiger partial charge < -0.3 is 10.6 Å². The summed E-state index contributed by atoms with van der Waals surface area (Å²) in [4.78, 5) is 24.8. The lowest BCUT2D eigenvalue weighted by Gasteiger charge is -2.12. The van der Waals surface area contributed by atoms with E-state index in [2.05, 4.69) is 25.6 Å². The van der Waals surface area contributed by atoms with Gasteiger partial charge in [-0.25, -0.2) is 18.4 Å². The Morgan fingerprint density at radius 1 is 1.27 bits per heavy atom. The monoisotopic (exact) mass is 375 g/mol. The summed E-state index contributed by atoms with van der Waals surface area (Å²) in [6.45, 7) is 2.28. The average molecular weight is 375 g/mol. The van der Waals surface area contributed by atoms with Crippen LogP contribution in [0, 0.1) is 6.92 Å². The molecule has 1 atom stereocenters. The number of carbonyl (C=O) groups is 1. The first-order valence-corrected chi connectivity index (χ1v) is 10.2. The van der Waals surface area contributed by atoms with E-state index in [1.807, 2.05) is 25.1 Å². The lowest BCUT2D eigenvalue weighted by molar-refractivity contribution is -0.121. The molecule has 3 rings (SSSR count). The van der Waals surface area contributed by atoms with Gasteiger partial charge in [-0.15, -0.1) is 0 Å². The predicted molar refractivity (Wildman–Crippen MR) is 98.3 cm³/mol. The highest BCUT2D eigenvalue weighted by molar-refractivity contribution is 7.91. The topological polar surface area (TPSA) is 114 Å². The second-order valence-corrected chi connectivity index (χ2v) is 8.53. The number of sulfone groups is 1. The van der Waals surface area contributed by atoms with Crippen molar-refractivity contribution in [2.45, 2.75) is 25.8 Å². The lowest BCUT2D eigenvalue weighted by atomic mass is 10.2. The number of aromatic nitrogens is 3. The molecule has 0 saturated carbocycles. The Kier molecular flexibility index (Phi) is 5.46. The van der Waals surface area contributed by atoms with Gasteiger partial charge in [0.1, 0.15) is 5.82 Å². The van der Waals surface area contributed by atoms with Gasteiger partial charge in [-0.05, 0) is 25.5 Å². The first-order valence-electron chi connectivity index (χ1n) is 8.41. The summed E-state index contributed by atoms with van der Waals surface area (Å²) in [5, 5.41) is 5.89. The van der Waals surface area contributed by atoms with Crippen molar-refractivity contribution in [3.8, 4) is 11.4 Å². The van der Waals surface area contributed by atoms with Crippen molar-refractivity contribution in [2.75, 3.05) is 23.4 Å². The highest BCUT2D eigenvalue weighted by Crippen LogP contribution is 2.17. The molecule has 0 aliphatic carbocycles. The zero-order chi connectivity index (χ0) is 18.6. The smallest absolute Gasteiger partial charge is 0.222 e. The third kappa shape index (κ3) is 4.98. The van der Waals surface area contributed by atoms with Gasteiger partial charge in [0.25, 0.3) is 0 Å². The van der Waals surface area contributed by atoms with E-state index in [0.29, 0.717) is 24.6 Å². The van der Waals surface area contributed by atoms with Crippen LogP contribution < -0.4 is 10.6 Å². The fourth-order valence-electron chi connectivity index (χ4n) is 2.80. The quantitative estimate of drug-likeness (QED) is 0.773. The fraction of sp³-hybridized carbons (Fsp3) is 0.412. The molecule has 138 valence electrons. The molecule has 0 bridgehead atoms. The Morgan fingerprint density at radius 2 is 2.04 bits per heavy atom. The Balaban J connectivity index is 1.53. The number of aryl methyl sites for hydroxylation is 1. The largest absolute Gasteiger partial charge is 0.369 e. The van der Waals surface area contributed by atoms with Gasteiger partial charge in [0.05, 0.1) is 11.5 Å². The minimum absolute atomic E-state index is 0.0343. The molecule has 0 aromatic carbocycles. The second-order valence-electron chi connectivity index (χ2n) is 6.30. The molecule has 3 heterocycles. The van der Waals surface area contributed by atoms with Gasteiger partial charge in [-0.3, -0.25) is 9.78 Å². The Labute approximate surface area is 152 Å². The van der Waals surface area contributed by atoms with Crippen LogP contribution >= 0.6 is 0 Å². The van der Waals surface area contributed by atoms with Crippen molar-refractivity contribution in [1.82, 2.24) is 20.3 Å². The number of carbonyl (C=O) groups excluding carboxylic acids is 1. The molecular formula is C17H21N5O3S. The lowest BCUT2D eigenvalue weighted by Crippen LogP contribution is -2.36. The van der Waals surface area contributed by atoms with Crippen molar-refractivity contribution in [1.29, 1.82) is 0 Å². The van der Waals surface area contributed by atoms with Gasteiger partial charge in [0.2, 0.25) is 5.91 Å². The first kappa shape index (κ1) is 18.2. The number of hydrogen-bond donors (Lipinski definition) is 2. The number of anilines is 1. The van der Waals surface area contributed by atoms with Crippen molar-refractivity contribution >= 4 is 21.6 Å². The van der Waals surface area contributed by atoms with Crippen LogP contribution in [0.15, 0.2) is 30.6 Å². The standard InChI is InChI=1S/C17H21N5O3S/c1-12-10-15(22-17(20-12)13-2-6-18-7-3-13)19-8-4-16(23)21-14-5-9-26(24,25)11-14/h2-3,6-7,10,14H,4-5,8-9,11H2,1H3,(H,21,23)(H,19,20,22)/t14-/m0/s1. The van der Waals surface area contributed by atoms with Crippen molar-refractivity contribution in [3.05, 3.63) is 36.3 Å². The zero-order valence-electron chi connectivity index (χ0n) is 14.5. The van der Waals surface area contributed by atoms with Crippen molar-refractivity contribution < 1.29 is 13.2 Å². The SMILES string of the molecule is Cc1cc(NCCC(=O)N[C@H]2CCS(=O)(=O)C2)nc(-c2ccncc2)n1. The normalized spacial score (nSPS) is 18.4. The number of nitrogens with zero attached hydrogens (tertiary/aromatic N) is 3. The van der Waals surface area contributed by atoms with E-state index in [9.17, 15) is 13.2 Å². The molecule has 2 aromatic rings. The highest BCUT2D eigenvalue weighted by Gasteiger charge is 2.28. The van der Waals surface area contributed by atoms with E-state index in [1.54, 1.807) is 12.4 Å². The molecule has 1 aliphatic rings. The molecule has 1 amide bonds. The summed E-state index contributed by atoms with van der Waals surface area (Å²) in [5.74, 6) is 1.25. The van der Waals surface area contributed by atoms with Gasteiger partial charge in [-0.2, -0.15) is 0 Å². The Bertz CT molecular complexity index is 887. The predicted octanol–water partition coefficient (Wildman–Crippen LogP) is 0.952. The Hall–Kier alpha value is -2.55. The van der Waals surface area contributed by atoms with Crippen LogP contribution in [-0.2, 0) is 14.6 Å². The maximum absolute atomic E-state index is 12.0. The minimum Gasteiger partial charge on any atom is -0.369 e. The van der Waals surface area contributed by atoms with Crippen molar-refractivity contribution in [3.63, 3.8) is 0 Å². The van der Waals surface area contributed by atoms with Crippen LogP contribution in [0.25, 0.3) is 11.4 Å². The second kappa shape index (κ2) is 7.77. The minimum atomic E-state index is -2.99. The third-order valence-corrected chi connectivity index (χ3v) is 5.82. The van der Waals surface area contributed by atoms with E-state index < -0.39 is 9.84 Å². The van der Waals surface area contributed by atoms with E-state index in [-0.39, 0.29) is 29.9 Å². The van der Waals surface area contributed by atoms with Gasteiger partial charge in [-0.1, -0.05) is 0 Å². The van der Waals surface area contributed by atoms with E-state index in [0.717, 1.165) is 11.3 Å². The Morgan fingerprint density at radius 3 is 2.73 bits per heavy atom. The van der Waals surface area contributed by atoms with Crippen LogP contribution in [0.5, 0.6) is 0 Å². The summed E-state index contributed by atoms with van der Waals surface area (Å²) in [5.41, 5.74) is 1.68. The molecule has 1 aliphatic heterocycles. The molecule has 1 saturated heterocycles. The molecule has 8 nitrogen and oxygen atoms in total. The van der Waals surface area contributed by atoms with Gasteiger partial charge in [0.15, 0.2) is 15.7 Å². The van der Waals surface area contributed by atoms with E-state index in [4.69, 9.17) is 0 Å². The van der Waals surface area contributed by atoms with Crippen LogP contribution in [-0.4, -0.2) is 53.4 Å². The summed E-state index contributed by atoms with van der Waals surface area (Å²) in [6, 6.07) is 5.21. The number of pyridine rings is 1. The highest BCUT2D eigenvalue weighted by atomic mass is 32.2. The van der Waals surface area contributed by atoms with E-state index in [1.165, 1.54) is 0 Å². The summed E-state index contributed by atoms with van der Waals surface area (Å²) < 4.78 is 22.8. The molecule has 9 heteroatoms. The first-order chi connectivity index (χ1) is 12.4. The summed E-state index contributed by atoms with van der Waals surface area (Å²) in [6.07, 6.45) is 4.09. The van der Waals surface area contributed by atoms with Crippen LogP contribution in [0.3, 0.4) is 0 Å². The van der Waals surface area contributed by atoms with Crippen molar-refractivity contribution in [2.24, 2.45) is 0 Å². The zero-order valence-corrected chi connectivity index (χ0v) is 15.3. The van der Waals surface area contributed by atoms with Gasteiger partial charge >= 0.3 is 0 Å². The number of amides is 1. The van der Waals surface area contributed by atoms with E-state index >= 15 is 0 Å². The third-order valence-electron chi connectivity index (χ3n) is 4.05. The maximum Gasteiger partial charge on any atom is 0.222 e. The number of nitrogens with one attached hydrogen (secondary N) is 2. The van der Waals surface area contributed by atoms with Crippen LogP contribution in [0.2, 0.25) is 0 Å². The molecule has 1 fully saturated rings. The molecule has 26 heavy (non-hydrogen) atoms. The molecular weight excluding hydrogens is 354 g/mol. The van der Waals surface area contributed by atoms with Gasteiger partial charge in [0, 0.05) is 48.7 Å². The average Bonchev–Trinajstić information content (AvgIpc) is 2.93. The van der Waals surface area contributed by atoms with Crippen LogP contribution in [0.4, 0.5) is 5.82 Å². The molecule has 0 radical (unpaired) electrons. The number of rotatable bonds is 6. The molecule has 2 aromatic heterocycles. The maximum atomic E-state index is 12.0. The summed E-state index contributed by atoms with van der Waals surface area (Å²) in [7, 11) is -2.99. The molecule has 0 unspecified atom stereocenters.